The molecule has 0 saturated carbocycles. The summed E-state index contributed by atoms with van der Waals surface area (Å²) in [6.07, 6.45) is 0.886. The van der Waals surface area contributed by atoms with Crippen LogP contribution in [0.1, 0.15) is 13.3 Å². The van der Waals surface area contributed by atoms with Gasteiger partial charge in [0.05, 0.1) is 26.3 Å². The molecule has 0 aliphatic rings. The number of phenols is 2. The Morgan fingerprint density at radius 3 is 2.04 bits per heavy atom. The standard InChI is InChI=1S/C17H14Cl3NO2/c1-2-3-21-15-7-10(23)4-12(18)11(15)8-16(21)17-13(19)5-9(22)6-14(17)20/h4-8,22-23H,2-3H2,1H3. The molecule has 0 aliphatic heterocycles. The Labute approximate surface area is 148 Å². The van der Waals surface area contributed by atoms with Crippen molar-refractivity contribution in [3.63, 3.8) is 0 Å². The van der Waals surface area contributed by atoms with E-state index in [0.29, 0.717) is 27.2 Å². The van der Waals surface area contributed by atoms with Crippen LogP contribution in [0.15, 0.2) is 30.3 Å². The molecule has 2 N–H and O–H groups in total. The maximum atomic E-state index is 9.85. The van der Waals surface area contributed by atoms with Crippen LogP contribution in [0.5, 0.6) is 11.5 Å². The van der Waals surface area contributed by atoms with Crippen LogP contribution in [0.3, 0.4) is 0 Å². The van der Waals surface area contributed by atoms with E-state index in [1.165, 1.54) is 18.2 Å². The molecule has 0 unspecified atom stereocenters. The van der Waals surface area contributed by atoms with Gasteiger partial charge in [0.1, 0.15) is 11.5 Å². The summed E-state index contributed by atoms with van der Waals surface area (Å²) in [6, 6.07) is 7.98. The zero-order valence-electron chi connectivity index (χ0n) is 12.3. The normalized spacial score (nSPS) is 11.3. The fourth-order valence-corrected chi connectivity index (χ4v) is 3.71. The zero-order chi connectivity index (χ0) is 16.7. The third kappa shape index (κ3) is 2.85. The van der Waals surface area contributed by atoms with E-state index in [2.05, 4.69) is 6.92 Å². The molecule has 23 heavy (non-hydrogen) atoms. The summed E-state index contributed by atoms with van der Waals surface area (Å²) in [5, 5.41) is 21.5. The number of aromatic hydroxyl groups is 2. The molecule has 120 valence electrons. The lowest BCUT2D eigenvalue weighted by atomic mass is 10.1. The van der Waals surface area contributed by atoms with Crippen LogP contribution >= 0.6 is 34.8 Å². The summed E-state index contributed by atoms with van der Waals surface area (Å²) >= 11 is 18.9. The van der Waals surface area contributed by atoms with E-state index in [0.717, 1.165) is 23.0 Å². The van der Waals surface area contributed by atoms with Crippen LogP contribution in [-0.4, -0.2) is 14.8 Å². The Morgan fingerprint density at radius 1 is 0.870 bits per heavy atom. The summed E-state index contributed by atoms with van der Waals surface area (Å²) < 4.78 is 2.02. The third-order valence-corrected chi connectivity index (χ3v) is 4.59. The largest absolute Gasteiger partial charge is 0.508 e. The van der Waals surface area contributed by atoms with Crippen LogP contribution in [0, 0.1) is 0 Å². The second-order valence-corrected chi connectivity index (χ2v) is 6.55. The van der Waals surface area contributed by atoms with Crippen molar-refractivity contribution >= 4 is 45.7 Å². The van der Waals surface area contributed by atoms with Crippen molar-refractivity contribution in [3.8, 4) is 22.8 Å². The first-order valence-corrected chi connectivity index (χ1v) is 8.26. The van der Waals surface area contributed by atoms with Gasteiger partial charge in [0.2, 0.25) is 0 Å². The van der Waals surface area contributed by atoms with Crippen LogP contribution < -0.4 is 0 Å². The van der Waals surface area contributed by atoms with Crippen molar-refractivity contribution in [1.82, 2.24) is 4.57 Å². The molecule has 3 aromatic rings. The summed E-state index contributed by atoms with van der Waals surface area (Å²) in [6.45, 7) is 2.77. The van der Waals surface area contributed by atoms with Crippen LogP contribution in [0.4, 0.5) is 0 Å². The number of fused-ring (bicyclic) bond motifs is 1. The predicted octanol–water partition coefficient (Wildman–Crippen LogP) is 6.09. The summed E-state index contributed by atoms with van der Waals surface area (Å²) in [5.74, 6) is 0.116. The topological polar surface area (TPSA) is 45.4 Å². The SMILES string of the molecule is CCCn1c(-c2c(Cl)cc(O)cc2Cl)cc2c(Cl)cc(O)cc21. The van der Waals surface area contributed by atoms with E-state index in [-0.39, 0.29) is 11.5 Å². The smallest absolute Gasteiger partial charge is 0.119 e. The van der Waals surface area contributed by atoms with Crippen molar-refractivity contribution < 1.29 is 10.2 Å². The van der Waals surface area contributed by atoms with Gasteiger partial charge in [-0.05, 0) is 30.7 Å². The molecule has 0 amide bonds. The molecule has 0 fully saturated rings. The van der Waals surface area contributed by atoms with Gasteiger partial charge in [-0.1, -0.05) is 41.7 Å². The molecule has 0 saturated heterocycles. The molecule has 3 rings (SSSR count). The number of aryl methyl sites for hydroxylation is 1. The van der Waals surface area contributed by atoms with Gasteiger partial charge in [-0.15, -0.1) is 0 Å². The average molecular weight is 371 g/mol. The fraction of sp³-hybridized carbons (Fsp3) is 0.176. The van der Waals surface area contributed by atoms with E-state index in [4.69, 9.17) is 34.8 Å². The van der Waals surface area contributed by atoms with Crippen molar-refractivity contribution in [2.45, 2.75) is 19.9 Å². The molecule has 1 heterocycles. The van der Waals surface area contributed by atoms with E-state index in [1.807, 2.05) is 10.6 Å². The number of hydrogen-bond donors (Lipinski definition) is 2. The van der Waals surface area contributed by atoms with Gasteiger partial charge in [-0.2, -0.15) is 0 Å². The molecule has 1 aromatic heterocycles. The second-order valence-electron chi connectivity index (χ2n) is 5.33. The van der Waals surface area contributed by atoms with Gasteiger partial charge in [-0.25, -0.2) is 0 Å². The molecule has 3 nitrogen and oxygen atoms in total. The van der Waals surface area contributed by atoms with Gasteiger partial charge in [0.25, 0.3) is 0 Å². The zero-order valence-corrected chi connectivity index (χ0v) is 14.5. The first-order chi connectivity index (χ1) is 10.9. The van der Waals surface area contributed by atoms with E-state index < -0.39 is 0 Å². The Hall–Kier alpha value is -1.55. The number of rotatable bonds is 3. The Bertz CT molecular complexity index is 879. The van der Waals surface area contributed by atoms with Crippen molar-refractivity contribution in [1.29, 1.82) is 0 Å². The molecule has 0 bridgehead atoms. The number of hydrogen-bond acceptors (Lipinski definition) is 2. The number of phenolic OH excluding ortho intramolecular Hbond substituents is 2. The molecule has 0 atom stereocenters. The molecular weight excluding hydrogens is 357 g/mol. The molecule has 2 aromatic carbocycles. The highest BCUT2D eigenvalue weighted by atomic mass is 35.5. The van der Waals surface area contributed by atoms with Gasteiger partial charge in [0.15, 0.2) is 0 Å². The van der Waals surface area contributed by atoms with Gasteiger partial charge < -0.3 is 14.8 Å². The Balaban J connectivity index is 2.38. The van der Waals surface area contributed by atoms with Crippen molar-refractivity contribution in [2.24, 2.45) is 0 Å². The maximum Gasteiger partial charge on any atom is 0.119 e. The third-order valence-electron chi connectivity index (χ3n) is 3.69. The lowest BCUT2D eigenvalue weighted by Gasteiger charge is -2.13. The summed E-state index contributed by atoms with van der Waals surface area (Å²) in [7, 11) is 0. The van der Waals surface area contributed by atoms with Crippen molar-refractivity contribution in [3.05, 3.63) is 45.4 Å². The minimum absolute atomic E-state index is 0.0116. The Kier molecular flexibility index (Phi) is 4.37. The molecule has 0 spiro atoms. The molecule has 0 aliphatic carbocycles. The molecule has 6 heteroatoms. The lowest BCUT2D eigenvalue weighted by Crippen LogP contribution is -1.99. The number of nitrogens with zero attached hydrogens (tertiary/aromatic N) is 1. The first-order valence-electron chi connectivity index (χ1n) is 7.12. The van der Waals surface area contributed by atoms with Crippen LogP contribution in [0.2, 0.25) is 15.1 Å². The highest BCUT2D eigenvalue weighted by Gasteiger charge is 2.18. The Morgan fingerprint density at radius 2 is 1.43 bits per heavy atom. The molecular formula is C17H14Cl3NO2. The fourth-order valence-electron chi connectivity index (χ4n) is 2.78. The number of halogens is 3. The van der Waals surface area contributed by atoms with Crippen LogP contribution in [-0.2, 0) is 6.54 Å². The van der Waals surface area contributed by atoms with E-state index >= 15 is 0 Å². The number of benzene rings is 2. The quantitative estimate of drug-likeness (QED) is 0.586. The highest BCUT2D eigenvalue weighted by Crippen LogP contribution is 2.42. The van der Waals surface area contributed by atoms with Gasteiger partial charge in [0, 0.05) is 23.6 Å². The summed E-state index contributed by atoms with van der Waals surface area (Å²) in [5.41, 5.74) is 2.24. The maximum absolute atomic E-state index is 9.85. The summed E-state index contributed by atoms with van der Waals surface area (Å²) in [4.78, 5) is 0. The predicted molar refractivity (Wildman–Crippen MR) is 96.0 cm³/mol. The van der Waals surface area contributed by atoms with Gasteiger partial charge in [-0.3, -0.25) is 0 Å². The monoisotopic (exact) mass is 369 g/mol. The minimum atomic E-state index is 0.0116. The highest BCUT2D eigenvalue weighted by molar-refractivity contribution is 6.40. The van der Waals surface area contributed by atoms with Crippen molar-refractivity contribution in [2.75, 3.05) is 0 Å². The minimum Gasteiger partial charge on any atom is -0.508 e. The lowest BCUT2D eigenvalue weighted by molar-refractivity contribution is 0.475. The van der Waals surface area contributed by atoms with Crippen LogP contribution in [0.25, 0.3) is 22.2 Å². The van der Waals surface area contributed by atoms with E-state index in [9.17, 15) is 10.2 Å². The van der Waals surface area contributed by atoms with E-state index in [1.54, 1.807) is 6.07 Å². The average Bonchev–Trinajstić information content (AvgIpc) is 2.78. The number of aromatic nitrogens is 1. The second kappa shape index (κ2) is 6.16. The first kappa shape index (κ1) is 16.3. The van der Waals surface area contributed by atoms with Gasteiger partial charge >= 0.3 is 0 Å². The molecule has 0 radical (unpaired) electrons.